The summed E-state index contributed by atoms with van der Waals surface area (Å²) in [6.07, 6.45) is 2.08. The van der Waals surface area contributed by atoms with Crippen LogP contribution in [0.25, 0.3) is 0 Å². The summed E-state index contributed by atoms with van der Waals surface area (Å²) in [5, 5.41) is 5.72. The van der Waals surface area contributed by atoms with Crippen LogP contribution in [0, 0.1) is 0 Å². The summed E-state index contributed by atoms with van der Waals surface area (Å²) in [7, 11) is 0. The van der Waals surface area contributed by atoms with Gasteiger partial charge in [0.1, 0.15) is 0 Å². The lowest BCUT2D eigenvalue weighted by Gasteiger charge is -2.16. The molecule has 1 saturated heterocycles. The van der Waals surface area contributed by atoms with E-state index in [1.165, 1.54) is 6.07 Å². The second kappa shape index (κ2) is 8.35. The molecular weight excluding hydrogens is 344 g/mol. The fraction of sp³-hybridized carbons (Fsp3) is 0.250. The molecule has 1 fully saturated rings. The van der Waals surface area contributed by atoms with Crippen LogP contribution in [0.4, 0.5) is 11.4 Å². The standard InChI is InChI=1S/C20H22N4O3/c21-19(26)14-5-3-8-17(11-14)23-18(25)13-22-16-7-4-6-15(12-16)20(27)24-9-1-2-10-24/h3-8,11-12,22H,1-2,9-10,13H2,(H2,21,26)(H,23,25). The highest BCUT2D eigenvalue weighted by molar-refractivity contribution is 5.98. The highest BCUT2D eigenvalue weighted by Gasteiger charge is 2.19. The zero-order valence-electron chi connectivity index (χ0n) is 14.9. The maximum Gasteiger partial charge on any atom is 0.253 e. The molecule has 0 aromatic heterocycles. The largest absolute Gasteiger partial charge is 0.376 e. The first-order chi connectivity index (χ1) is 13.0. The van der Waals surface area contributed by atoms with Gasteiger partial charge in [-0.3, -0.25) is 14.4 Å². The number of carbonyl (C=O) groups excluding carboxylic acids is 3. The maximum absolute atomic E-state index is 12.4. The minimum absolute atomic E-state index is 0.0175. The molecule has 3 rings (SSSR count). The summed E-state index contributed by atoms with van der Waals surface area (Å²) in [5.74, 6) is -0.805. The Morgan fingerprint density at radius 2 is 1.56 bits per heavy atom. The van der Waals surface area contributed by atoms with E-state index in [4.69, 9.17) is 5.73 Å². The summed E-state index contributed by atoms with van der Waals surface area (Å²) in [6, 6.07) is 13.6. The quantitative estimate of drug-likeness (QED) is 0.728. The number of anilines is 2. The van der Waals surface area contributed by atoms with Crippen molar-refractivity contribution in [3.63, 3.8) is 0 Å². The topological polar surface area (TPSA) is 105 Å². The molecule has 2 aromatic carbocycles. The molecule has 27 heavy (non-hydrogen) atoms. The Balaban J connectivity index is 1.57. The number of benzene rings is 2. The maximum atomic E-state index is 12.4. The second-order valence-electron chi connectivity index (χ2n) is 6.43. The van der Waals surface area contributed by atoms with Crippen LogP contribution in [-0.2, 0) is 4.79 Å². The van der Waals surface area contributed by atoms with E-state index in [2.05, 4.69) is 10.6 Å². The van der Waals surface area contributed by atoms with Crippen molar-refractivity contribution in [1.29, 1.82) is 0 Å². The molecule has 0 saturated carbocycles. The number of rotatable bonds is 6. The Hall–Kier alpha value is -3.35. The summed E-state index contributed by atoms with van der Waals surface area (Å²) in [4.78, 5) is 37.6. The Kier molecular flexibility index (Phi) is 5.71. The van der Waals surface area contributed by atoms with Crippen LogP contribution in [-0.4, -0.2) is 42.3 Å². The molecule has 1 heterocycles. The number of amides is 3. The molecule has 4 N–H and O–H groups in total. The van der Waals surface area contributed by atoms with Crippen molar-refractivity contribution in [1.82, 2.24) is 4.90 Å². The van der Waals surface area contributed by atoms with E-state index in [9.17, 15) is 14.4 Å². The molecule has 0 atom stereocenters. The number of likely N-dealkylation sites (tertiary alicyclic amines) is 1. The molecule has 0 bridgehead atoms. The van der Waals surface area contributed by atoms with Gasteiger partial charge in [0.2, 0.25) is 11.8 Å². The highest BCUT2D eigenvalue weighted by Crippen LogP contribution is 2.16. The Bertz CT molecular complexity index is 860. The molecule has 1 aliphatic heterocycles. The summed E-state index contributed by atoms with van der Waals surface area (Å²) in [5.41, 5.74) is 7.36. The predicted octanol–water partition coefficient (Wildman–Crippen LogP) is 2.07. The molecule has 2 aromatic rings. The average Bonchev–Trinajstić information content (AvgIpc) is 3.21. The number of carbonyl (C=O) groups is 3. The number of primary amides is 1. The zero-order chi connectivity index (χ0) is 19.2. The smallest absolute Gasteiger partial charge is 0.253 e. The van der Waals surface area contributed by atoms with E-state index in [1.54, 1.807) is 36.4 Å². The van der Waals surface area contributed by atoms with Gasteiger partial charge < -0.3 is 21.3 Å². The van der Waals surface area contributed by atoms with Gasteiger partial charge >= 0.3 is 0 Å². The minimum atomic E-state index is -0.552. The van der Waals surface area contributed by atoms with Crippen molar-refractivity contribution in [3.05, 3.63) is 59.7 Å². The molecular formula is C20H22N4O3. The van der Waals surface area contributed by atoms with E-state index >= 15 is 0 Å². The Morgan fingerprint density at radius 3 is 2.26 bits per heavy atom. The number of hydrogen-bond acceptors (Lipinski definition) is 4. The average molecular weight is 366 g/mol. The van der Waals surface area contributed by atoms with Crippen molar-refractivity contribution in [2.75, 3.05) is 30.3 Å². The molecule has 3 amide bonds. The number of nitrogens with two attached hydrogens (primary N) is 1. The molecule has 0 unspecified atom stereocenters. The Labute approximate surface area is 157 Å². The second-order valence-corrected chi connectivity index (χ2v) is 6.43. The highest BCUT2D eigenvalue weighted by atomic mass is 16.2. The fourth-order valence-electron chi connectivity index (χ4n) is 3.00. The van der Waals surface area contributed by atoms with Crippen molar-refractivity contribution in [2.24, 2.45) is 5.73 Å². The molecule has 0 radical (unpaired) electrons. The fourth-order valence-corrected chi connectivity index (χ4v) is 3.00. The van der Waals surface area contributed by atoms with Crippen LogP contribution in [0.5, 0.6) is 0 Å². The van der Waals surface area contributed by atoms with Gasteiger partial charge in [0.05, 0.1) is 6.54 Å². The van der Waals surface area contributed by atoms with E-state index < -0.39 is 5.91 Å². The number of nitrogens with one attached hydrogen (secondary N) is 2. The molecule has 140 valence electrons. The first-order valence-electron chi connectivity index (χ1n) is 8.86. The van der Waals surface area contributed by atoms with Gasteiger partial charge in [-0.2, -0.15) is 0 Å². The third kappa shape index (κ3) is 4.84. The molecule has 7 heteroatoms. The van der Waals surface area contributed by atoms with Crippen LogP contribution in [0.2, 0.25) is 0 Å². The van der Waals surface area contributed by atoms with Crippen molar-refractivity contribution >= 4 is 29.1 Å². The lowest BCUT2D eigenvalue weighted by Crippen LogP contribution is -2.27. The van der Waals surface area contributed by atoms with Crippen LogP contribution < -0.4 is 16.4 Å². The molecule has 7 nitrogen and oxygen atoms in total. The van der Waals surface area contributed by atoms with Crippen molar-refractivity contribution in [2.45, 2.75) is 12.8 Å². The number of nitrogens with zero attached hydrogens (tertiary/aromatic N) is 1. The summed E-state index contributed by atoms with van der Waals surface area (Å²) in [6.45, 7) is 1.62. The van der Waals surface area contributed by atoms with Gasteiger partial charge in [0.15, 0.2) is 0 Å². The van der Waals surface area contributed by atoms with Gasteiger partial charge in [-0.15, -0.1) is 0 Å². The van der Waals surface area contributed by atoms with E-state index in [-0.39, 0.29) is 18.4 Å². The van der Waals surface area contributed by atoms with Gasteiger partial charge in [-0.25, -0.2) is 0 Å². The van der Waals surface area contributed by atoms with Crippen LogP contribution in [0.15, 0.2) is 48.5 Å². The van der Waals surface area contributed by atoms with E-state index in [0.717, 1.165) is 25.9 Å². The van der Waals surface area contributed by atoms with E-state index in [1.807, 2.05) is 11.0 Å². The number of hydrogen-bond donors (Lipinski definition) is 3. The van der Waals surface area contributed by atoms with Gasteiger partial charge in [0.25, 0.3) is 5.91 Å². The zero-order valence-corrected chi connectivity index (χ0v) is 14.9. The van der Waals surface area contributed by atoms with Gasteiger partial charge in [-0.1, -0.05) is 12.1 Å². The van der Waals surface area contributed by atoms with Crippen molar-refractivity contribution < 1.29 is 14.4 Å². The van der Waals surface area contributed by atoms with Crippen LogP contribution in [0.1, 0.15) is 33.6 Å². The SMILES string of the molecule is NC(=O)c1cccc(NC(=O)CNc2cccc(C(=O)N3CCCC3)c2)c1. The summed E-state index contributed by atoms with van der Waals surface area (Å²) >= 11 is 0. The van der Waals surface area contributed by atoms with E-state index in [0.29, 0.717) is 22.5 Å². The first kappa shape index (κ1) is 18.4. The van der Waals surface area contributed by atoms with Gasteiger partial charge in [-0.05, 0) is 49.2 Å². The molecule has 0 spiro atoms. The van der Waals surface area contributed by atoms with Gasteiger partial charge in [0, 0.05) is 35.6 Å². The minimum Gasteiger partial charge on any atom is -0.376 e. The molecule has 0 aliphatic carbocycles. The lowest BCUT2D eigenvalue weighted by molar-refractivity contribution is -0.114. The Morgan fingerprint density at radius 1 is 0.926 bits per heavy atom. The predicted molar refractivity (Wildman–Crippen MR) is 104 cm³/mol. The summed E-state index contributed by atoms with van der Waals surface area (Å²) < 4.78 is 0. The third-order valence-corrected chi connectivity index (χ3v) is 4.39. The first-order valence-corrected chi connectivity index (χ1v) is 8.86. The normalized spacial score (nSPS) is 13.3. The lowest BCUT2D eigenvalue weighted by atomic mass is 10.1. The van der Waals surface area contributed by atoms with Crippen LogP contribution in [0.3, 0.4) is 0 Å². The van der Waals surface area contributed by atoms with Crippen LogP contribution >= 0.6 is 0 Å². The molecule has 1 aliphatic rings. The third-order valence-electron chi connectivity index (χ3n) is 4.39. The van der Waals surface area contributed by atoms with Crippen molar-refractivity contribution in [3.8, 4) is 0 Å². The monoisotopic (exact) mass is 366 g/mol.